The van der Waals surface area contributed by atoms with Crippen LogP contribution in [0.1, 0.15) is 122 Å². The van der Waals surface area contributed by atoms with Gasteiger partial charge in [-0.25, -0.2) is 14.8 Å². The number of imide groups is 1. The van der Waals surface area contributed by atoms with Crippen LogP contribution in [0.15, 0.2) is 97.1 Å². The number of nitrogens with zero attached hydrogens (tertiary/aromatic N) is 7. The SMILES string of the molecule is Cn1nc(C2CCC(=O)NC2=O)c2ccc(N3CCN(CCCCC4CCC(Oc5cccc(-c6ccc(N7CCc8cccc(C(=O)Nc9nc%10ccccc%10s9)c8C7)nc6C(=O)OC(C)(C)C)c5)CC4)CC3)cc21. The van der Waals surface area contributed by atoms with Crippen molar-refractivity contribution < 1.29 is 28.7 Å². The van der Waals surface area contributed by atoms with E-state index in [0.717, 1.165) is 114 Å². The van der Waals surface area contributed by atoms with Crippen LogP contribution < -0.4 is 25.2 Å². The van der Waals surface area contributed by atoms with Crippen LogP contribution in [0.25, 0.3) is 32.2 Å². The number of hydrogen-bond acceptors (Lipinski definition) is 13. The highest BCUT2D eigenvalue weighted by molar-refractivity contribution is 7.22. The molecule has 2 N–H and O–H groups in total. The van der Waals surface area contributed by atoms with Gasteiger partial charge in [0.05, 0.1) is 33.4 Å². The monoisotopic (exact) mass is 1040 g/mol. The number of aryl methyl sites for hydroxylation is 1. The first-order chi connectivity index (χ1) is 36.8. The molecule has 16 heteroatoms. The van der Waals surface area contributed by atoms with E-state index >= 15 is 0 Å². The Kier molecular flexibility index (Phi) is 14.6. The third kappa shape index (κ3) is 11.3. The fraction of sp³-hybridized carbons (Fsp3) is 0.417. The van der Waals surface area contributed by atoms with Crippen molar-refractivity contribution >= 4 is 72.8 Å². The third-order valence-corrected chi connectivity index (χ3v) is 16.5. The van der Waals surface area contributed by atoms with Crippen LogP contribution >= 0.6 is 11.3 Å². The predicted molar refractivity (Wildman–Crippen MR) is 298 cm³/mol. The highest BCUT2D eigenvalue weighted by Gasteiger charge is 2.33. The van der Waals surface area contributed by atoms with E-state index in [9.17, 15) is 19.2 Å². The Morgan fingerprint density at radius 2 is 1.63 bits per heavy atom. The number of carbonyl (C=O) groups excluding carboxylic acids is 4. The number of carbonyl (C=O) groups is 4. The number of amides is 3. The molecule has 1 saturated carbocycles. The molecule has 3 fully saturated rings. The Labute approximate surface area is 448 Å². The van der Waals surface area contributed by atoms with E-state index in [1.54, 1.807) is 0 Å². The molecule has 0 spiro atoms. The lowest BCUT2D eigenvalue weighted by atomic mass is 9.84. The summed E-state index contributed by atoms with van der Waals surface area (Å²) < 4.78 is 15.5. The molecule has 3 aliphatic heterocycles. The highest BCUT2D eigenvalue weighted by Crippen LogP contribution is 2.37. The maximum Gasteiger partial charge on any atom is 0.358 e. The first-order valence-corrected chi connectivity index (χ1v) is 27.9. The molecule has 394 valence electrons. The summed E-state index contributed by atoms with van der Waals surface area (Å²) >= 11 is 1.45. The van der Waals surface area contributed by atoms with Crippen LogP contribution in [0.5, 0.6) is 5.75 Å². The molecule has 3 amide bonds. The number of fused-ring (bicyclic) bond motifs is 3. The van der Waals surface area contributed by atoms with Gasteiger partial charge in [-0.15, -0.1) is 0 Å². The zero-order chi connectivity index (χ0) is 52.5. The molecular formula is C60H67N9O6S. The van der Waals surface area contributed by atoms with Gasteiger partial charge in [-0.2, -0.15) is 5.10 Å². The molecule has 1 atom stereocenters. The number of benzene rings is 4. The fourth-order valence-corrected chi connectivity index (χ4v) is 12.4. The Hall–Kier alpha value is -7.17. The minimum absolute atomic E-state index is 0.134. The predicted octanol–water partition coefficient (Wildman–Crippen LogP) is 10.5. The van der Waals surface area contributed by atoms with E-state index in [0.29, 0.717) is 53.9 Å². The molecule has 1 unspecified atom stereocenters. The van der Waals surface area contributed by atoms with Crippen molar-refractivity contribution in [3.8, 4) is 16.9 Å². The smallest absolute Gasteiger partial charge is 0.358 e. The molecule has 15 nitrogen and oxygen atoms in total. The maximum atomic E-state index is 14.0. The van der Waals surface area contributed by atoms with Crippen molar-refractivity contribution in [1.29, 1.82) is 0 Å². The van der Waals surface area contributed by atoms with Crippen LogP contribution in [0, 0.1) is 5.92 Å². The second-order valence-electron chi connectivity index (χ2n) is 22.0. The van der Waals surface area contributed by atoms with Gasteiger partial charge in [-0.3, -0.25) is 34.6 Å². The van der Waals surface area contributed by atoms with Crippen LogP contribution in [0.3, 0.4) is 0 Å². The first-order valence-electron chi connectivity index (χ1n) is 27.1. The van der Waals surface area contributed by atoms with Gasteiger partial charge in [0, 0.05) is 74.9 Å². The second kappa shape index (κ2) is 21.8. The van der Waals surface area contributed by atoms with E-state index in [1.807, 2.05) is 105 Å². The summed E-state index contributed by atoms with van der Waals surface area (Å²) in [6, 6.07) is 32.1. The topological polar surface area (TPSA) is 164 Å². The van der Waals surface area contributed by atoms with Crippen LogP contribution in [-0.4, -0.2) is 99.3 Å². The number of aromatic nitrogens is 4. The minimum Gasteiger partial charge on any atom is -0.490 e. The number of piperazine rings is 1. The lowest BCUT2D eigenvalue weighted by molar-refractivity contribution is -0.134. The molecule has 1 aliphatic carbocycles. The van der Waals surface area contributed by atoms with E-state index in [2.05, 4.69) is 54.6 Å². The van der Waals surface area contributed by atoms with E-state index in [4.69, 9.17) is 19.6 Å². The quantitative estimate of drug-likeness (QED) is 0.0603. The van der Waals surface area contributed by atoms with E-state index < -0.39 is 17.5 Å². The molecule has 0 bridgehead atoms. The Morgan fingerprint density at radius 1 is 0.816 bits per heavy atom. The number of ether oxygens (including phenoxy) is 2. The molecule has 7 aromatic rings. The summed E-state index contributed by atoms with van der Waals surface area (Å²) in [4.78, 5) is 69.0. The number of esters is 1. The number of hydrogen-bond donors (Lipinski definition) is 2. The zero-order valence-electron chi connectivity index (χ0n) is 44.0. The summed E-state index contributed by atoms with van der Waals surface area (Å²) in [6.07, 6.45) is 9.70. The van der Waals surface area contributed by atoms with E-state index in [-0.39, 0.29) is 29.5 Å². The number of anilines is 3. The van der Waals surface area contributed by atoms with Gasteiger partial charge in [0.15, 0.2) is 10.8 Å². The fourth-order valence-electron chi connectivity index (χ4n) is 11.6. The number of thiazole rings is 1. The summed E-state index contributed by atoms with van der Waals surface area (Å²) in [5.41, 5.74) is 7.45. The minimum atomic E-state index is -0.725. The van der Waals surface area contributed by atoms with Crippen molar-refractivity contribution in [1.82, 2.24) is 30.0 Å². The van der Waals surface area contributed by atoms with Crippen LogP contribution in [-0.2, 0) is 34.3 Å². The number of piperidine rings is 1. The lowest BCUT2D eigenvalue weighted by Gasteiger charge is -2.36. The average molecular weight is 1040 g/mol. The second-order valence-corrected chi connectivity index (χ2v) is 23.0. The zero-order valence-corrected chi connectivity index (χ0v) is 44.8. The highest BCUT2D eigenvalue weighted by atomic mass is 32.1. The Morgan fingerprint density at radius 3 is 2.43 bits per heavy atom. The molecule has 76 heavy (non-hydrogen) atoms. The number of unbranched alkanes of at least 4 members (excludes halogenated alkanes) is 1. The van der Waals surface area contributed by atoms with Gasteiger partial charge in [-0.1, -0.05) is 60.6 Å². The number of rotatable bonds is 14. The summed E-state index contributed by atoms with van der Waals surface area (Å²) in [7, 11) is 1.92. The third-order valence-electron chi connectivity index (χ3n) is 15.6. The molecule has 6 heterocycles. The average Bonchev–Trinajstić information content (AvgIpc) is 3.98. The number of nitrogens with one attached hydrogen (secondary N) is 2. The van der Waals surface area contributed by atoms with Crippen molar-refractivity contribution in [3.05, 3.63) is 125 Å². The molecule has 11 rings (SSSR count). The van der Waals surface area contributed by atoms with Crippen LogP contribution in [0.4, 0.5) is 16.6 Å². The normalized spacial score (nSPS) is 19.4. The van der Waals surface area contributed by atoms with Crippen molar-refractivity contribution in [2.45, 2.75) is 109 Å². The van der Waals surface area contributed by atoms with Gasteiger partial charge in [-0.05, 0) is 156 Å². The van der Waals surface area contributed by atoms with Gasteiger partial charge in [0.25, 0.3) is 5.91 Å². The Balaban J connectivity index is 0.665. The largest absolute Gasteiger partial charge is 0.490 e. The summed E-state index contributed by atoms with van der Waals surface area (Å²) in [5.74, 6) is 0.560. The molecule has 0 radical (unpaired) electrons. The van der Waals surface area contributed by atoms with Gasteiger partial charge >= 0.3 is 5.97 Å². The summed E-state index contributed by atoms with van der Waals surface area (Å²) in [5, 5.41) is 11.8. The maximum absolute atomic E-state index is 14.0. The Bertz CT molecular complexity index is 3280. The molecule has 3 aromatic heterocycles. The lowest BCUT2D eigenvalue weighted by Crippen LogP contribution is -2.46. The van der Waals surface area contributed by atoms with Crippen molar-refractivity contribution in [3.63, 3.8) is 0 Å². The molecular weight excluding hydrogens is 975 g/mol. The number of para-hydroxylation sites is 1. The molecule has 4 aliphatic rings. The van der Waals surface area contributed by atoms with Crippen LogP contribution in [0.2, 0.25) is 0 Å². The summed E-state index contributed by atoms with van der Waals surface area (Å²) in [6.45, 7) is 11.8. The standard InChI is InChI=1S/C60H67N9O6S/c1-60(2,3)75-58(73)55-44(24-26-52(62-55)69-30-28-39-12-10-15-45(48(39)37-69)56(71)64-59-61-49-16-5-6-17-51(49)76-59)40-13-9-14-43(35-40)74-42-21-18-38(19-22-42)11-7-8-29-67-31-33-68(34-32-67)41-20-23-46-50(36-41)66(4)65-54(46)47-25-27-53(70)63-57(47)72/h5-6,9-10,12-17,20,23-24,26,35-36,38,42,47H,7-8,11,18-19,21-22,25,27-34,37H2,1-4H3,(H,61,64,71)(H,63,70,72). The van der Waals surface area contributed by atoms with Crippen molar-refractivity contribution in [2.24, 2.45) is 13.0 Å². The van der Waals surface area contributed by atoms with E-state index in [1.165, 1.54) is 36.3 Å². The van der Waals surface area contributed by atoms with Gasteiger partial charge in [0.1, 0.15) is 17.2 Å². The van der Waals surface area contributed by atoms with Crippen molar-refractivity contribution in [2.75, 3.05) is 54.4 Å². The number of pyridine rings is 1. The first kappa shape index (κ1) is 51.0. The van der Waals surface area contributed by atoms with Gasteiger partial charge < -0.3 is 19.3 Å². The molecule has 2 saturated heterocycles. The molecule has 4 aromatic carbocycles. The van der Waals surface area contributed by atoms with Gasteiger partial charge in [0.2, 0.25) is 11.8 Å².